The average molecular weight is 1450 g/mol. The van der Waals surface area contributed by atoms with Crippen LogP contribution in [0, 0.1) is 11.8 Å². The van der Waals surface area contributed by atoms with Crippen LogP contribution in [0.4, 0.5) is 0 Å². The van der Waals surface area contributed by atoms with E-state index in [-0.39, 0.29) is 25.7 Å². The molecule has 588 valence electrons. The predicted molar refractivity (Wildman–Crippen MR) is 405 cm³/mol. The van der Waals surface area contributed by atoms with Crippen molar-refractivity contribution in [3.8, 4) is 0 Å². The van der Waals surface area contributed by atoms with Crippen LogP contribution in [0.1, 0.15) is 420 Å². The first-order valence-electron chi connectivity index (χ1n) is 41.5. The summed E-state index contributed by atoms with van der Waals surface area (Å²) in [4.78, 5) is 73.0. The zero-order valence-corrected chi connectivity index (χ0v) is 66.6. The number of esters is 4. The van der Waals surface area contributed by atoms with Gasteiger partial charge < -0.3 is 33.8 Å². The average Bonchev–Trinajstić information content (AvgIpc) is 0.999. The molecule has 0 bridgehead atoms. The van der Waals surface area contributed by atoms with Gasteiger partial charge in [0.1, 0.15) is 19.3 Å². The van der Waals surface area contributed by atoms with E-state index in [1.54, 1.807) is 0 Å². The molecule has 0 amide bonds. The molecule has 0 saturated carbocycles. The standard InChI is InChI=1S/C80H156O17P2/c1-7-9-11-13-15-17-19-26-34-40-46-52-58-64-79(84)96-75(68-90-77(82)62-56-50-44-38-18-16-14-12-10-8-2)70-94-98(86,87)92-66-74(81)67-93-99(88,89)95-71-76(97-80(85)65-59-53-47-41-35-30-25-21-23-28-32-37-43-49-55-61-73(5)6)69-91-78(83)63-57-51-45-39-33-29-24-20-22-27-31-36-42-48-54-60-72(3)4/h72-76,81H,7-71H2,1-6H3,(H,86,87)(H,88,89)/t74-,75+,76+/m0/s1. The molecule has 0 spiro atoms. The summed E-state index contributed by atoms with van der Waals surface area (Å²) in [6, 6.07) is 0. The van der Waals surface area contributed by atoms with Gasteiger partial charge in [0, 0.05) is 25.7 Å². The molecule has 0 aliphatic heterocycles. The smallest absolute Gasteiger partial charge is 0.462 e. The highest BCUT2D eigenvalue weighted by molar-refractivity contribution is 7.47. The van der Waals surface area contributed by atoms with Crippen molar-refractivity contribution in [2.45, 2.75) is 439 Å². The van der Waals surface area contributed by atoms with Gasteiger partial charge in [-0.25, -0.2) is 9.13 Å². The van der Waals surface area contributed by atoms with Crippen LogP contribution in [0.2, 0.25) is 0 Å². The van der Waals surface area contributed by atoms with Crippen molar-refractivity contribution in [1.29, 1.82) is 0 Å². The second-order valence-electron chi connectivity index (χ2n) is 29.8. The fourth-order valence-electron chi connectivity index (χ4n) is 12.4. The molecule has 0 aliphatic rings. The molecule has 0 aromatic heterocycles. The quantitative estimate of drug-likeness (QED) is 0.0222. The largest absolute Gasteiger partial charge is 0.472 e. The number of aliphatic hydroxyl groups is 1. The fraction of sp³-hybridized carbons (Fsp3) is 0.950. The summed E-state index contributed by atoms with van der Waals surface area (Å²) in [5.74, 6) is -0.499. The van der Waals surface area contributed by atoms with Crippen molar-refractivity contribution < 1.29 is 80.2 Å². The number of carbonyl (C=O) groups is 4. The Balaban J connectivity index is 5.23. The summed E-state index contributed by atoms with van der Waals surface area (Å²) in [6.45, 7) is 9.68. The SMILES string of the molecule is CCCCCCCCCCCCCCCC(=O)O[C@H](COC(=O)CCCCCCCCCCCC)COP(=O)(O)OC[C@H](O)COP(=O)(O)OC[C@@H](COC(=O)CCCCCCCCCCCCCCCCCC(C)C)OC(=O)CCCCCCCCCCCCCCCCCC(C)C. The van der Waals surface area contributed by atoms with E-state index in [2.05, 4.69) is 41.5 Å². The van der Waals surface area contributed by atoms with Crippen LogP contribution in [0.15, 0.2) is 0 Å². The Kier molecular flexibility index (Phi) is 70.3. The molecular weight excluding hydrogens is 1290 g/mol. The van der Waals surface area contributed by atoms with Crippen molar-refractivity contribution in [2.75, 3.05) is 39.6 Å². The normalized spacial score (nSPS) is 13.9. The van der Waals surface area contributed by atoms with Gasteiger partial charge in [0.2, 0.25) is 0 Å². The van der Waals surface area contributed by atoms with Gasteiger partial charge >= 0.3 is 39.5 Å². The van der Waals surface area contributed by atoms with Gasteiger partial charge in [-0.3, -0.25) is 37.3 Å². The van der Waals surface area contributed by atoms with Crippen molar-refractivity contribution in [3.63, 3.8) is 0 Å². The molecule has 0 rings (SSSR count). The van der Waals surface area contributed by atoms with Gasteiger partial charge in [0.25, 0.3) is 0 Å². The summed E-state index contributed by atoms with van der Waals surface area (Å²) in [6.07, 6.45) is 60.9. The van der Waals surface area contributed by atoms with E-state index in [1.165, 1.54) is 238 Å². The molecule has 0 saturated heterocycles. The van der Waals surface area contributed by atoms with Crippen molar-refractivity contribution >= 4 is 39.5 Å². The number of phosphoric acid groups is 2. The van der Waals surface area contributed by atoms with E-state index in [0.717, 1.165) is 102 Å². The lowest BCUT2D eigenvalue weighted by Gasteiger charge is -2.21. The predicted octanol–water partition coefficient (Wildman–Crippen LogP) is 23.9. The minimum atomic E-state index is -4.96. The first kappa shape index (κ1) is 97.1. The van der Waals surface area contributed by atoms with Gasteiger partial charge in [-0.2, -0.15) is 0 Å². The third kappa shape index (κ3) is 74.1. The van der Waals surface area contributed by atoms with Crippen LogP contribution in [0.5, 0.6) is 0 Å². The zero-order valence-electron chi connectivity index (χ0n) is 64.8. The van der Waals surface area contributed by atoms with Gasteiger partial charge in [-0.1, -0.05) is 369 Å². The van der Waals surface area contributed by atoms with E-state index < -0.39 is 97.5 Å². The maximum Gasteiger partial charge on any atom is 0.472 e. The summed E-state index contributed by atoms with van der Waals surface area (Å²) in [7, 11) is -9.92. The lowest BCUT2D eigenvalue weighted by atomic mass is 10.0. The van der Waals surface area contributed by atoms with Crippen molar-refractivity contribution in [2.24, 2.45) is 11.8 Å². The Morgan fingerprint density at radius 3 is 0.687 bits per heavy atom. The van der Waals surface area contributed by atoms with Crippen molar-refractivity contribution in [1.82, 2.24) is 0 Å². The molecule has 0 aromatic rings. The minimum Gasteiger partial charge on any atom is -0.462 e. The number of carbonyl (C=O) groups excluding carboxylic acids is 4. The summed E-state index contributed by atoms with van der Waals surface area (Å²) in [5, 5.41) is 10.6. The van der Waals surface area contributed by atoms with Crippen molar-refractivity contribution in [3.05, 3.63) is 0 Å². The van der Waals surface area contributed by atoms with Crippen LogP contribution in [0.25, 0.3) is 0 Å². The van der Waals surface area contributed by atoms with E-state index in [1.807, 2.05) is 0 Å². The minimum absolute atomic E-state index is 0.108. The maximum atomic E-state index is 13.1. The monoisotopic (exact) mass is 1450 g/mol. The summed E-state index contributed by atoms with van der Waals surface area (Å²) in [5.41, 5.74) is 0. The Morgan fingerprint density at radius 1 is 0.273 bits per heavy atom. The summed E-state index contributed by atoms with van der Waals surface area (Å²) >= 11 is 0. The molecule has 17 nitrogen and oxygen atoms in total. The van der Waals surface area contributed by atoms with Crippen LogP contribution in [-0.2, 0) is 65.4 Å². The third-order valence-electron chi connectivity index (χ3n) is 18.7. The number of ether oxygens (including phenoxy) is 4. The van der Waals surface area contributed by atoms with Crippen LogP contribution >= 0.6 is 15.6 Å². The van der Waals surface area contributed by atoms with Gasteiger partial charge in [-0.15, -0.1) is 0 Å². The molecule has 3 N–H and O–H groups in total. The number of rotatable bonds is 79. The number of aliphatic hydroxyl groups excluding tert-OH is 1. The van der Waals surface area contributed by atoms with E-state index >= 15 is 0 Å². The van der Waals surface area contributed by atoms with E-state index in [4.69, 9.17) is 37.0 Å². The zero-order chi connectivity index (χ0) is 72.8. The van der Waals surface area contributed by atoms with Crippen LogP contribution in [0.3, 0.4) is 0 Å². The number of hydrogen-bond acceptors (Lipinski definition) is 15. The van der Waals surface area contributed by atoms with Crippen LogP contribution < -0.4 is 0 Å². The van der Waals surface area contributed by atoms with E-state index in [0.29, 0.717) is 25.7 Å². The number of unbranched alkanes of at least 4 members (excludes halogenated alkanes) is 49. The second-order valence-corrected chi connectivity index (χ2v) is 32.7. The Hall–Kier alpha value is -1.94. The molecule has 0 radical (unpaired) electrons. The molecule has 5 atom stereocenters. The molecule has 19 heteroatoms. The molecule has 0 aliphatic carbocycles. The van der Waals surface area contributed by atoms with Gasteiger partial charge in [-0.05, 0) is 37.5 Å². The highest BCUT2D eigenvalue weighted by atomic mass is 31.2. The molecule has 99 heavy (non-hydrogen) atoms. The highest BCUT2D eigenvalue weighted by Gasteiger charge is 2.30. The Labute approximate surface area is 607 Å². The Bertz CT molecular complexity index is 1910. The molecule has 0 heterocycles. The molecule has 0 aromatic carbocycles. The highest BCUT2D eigenvalue weighted by Crippen LogP contribution is 2.45. The summed E-state index contributed by atoms with van der Waals surface area (Å²) < 4.78 is 68.7. The number of phosphoric ester groups is 2. The van der Waals surface area contributed by atoms with Crippen LogP contribution in [-0.4, -0.2) is 96.7 Å². The lowest BCUT2D eigenvalue weighted by Crippen LogP contribution is -2.30. The van der Waals surface area contributed by atoms with Gasteiger partial charge in [0.05, 0.1) is 26.4 Å². The Morgan fingerprint density at radius 2 is 0.465 bits per heavy atom. The third-order valence-corrected chi connectivity index (χ3v) is 20.6. The molecule has 2 unspecified atom stereocenters. The number of hydrogen-bond donors (Lipinski definition) is 3. The fourth-order valence-corrected chi connectivity index (χ4v) is 13.9. The lowest BCUT2D eigenvalue weighted by molar-refractivity contribution is -0.161. The maximum absolute atomic E-state index is 13.1. The topological polar surface area (TPSA) is 237 Å². The second kappa shape index (κ2) is 71.7. The first-order valence-corrected chi connectivity index (χ1v) is 44.5. The molecular formula is C80H156O17P2. The molecule has 0 fully saturated rings. The van der Waals surface area contributed by atoms with Gasteiger partial charge in [0.15, 0.2) is 12.2 Å². The van der Waals surface area contributed by atoms with E-state index in [9.17, 15) is 43.2 Å². The first-order chi connectivity index (χ1) is 47.9.